The van der Waals surface area contributed by atoms with Gasteiger partial charge < -0.3 is 20.2 Å². The van der Waals surface area contributed by atoms with Crippen LogP contribution in [-0.4, -0.2) is 59.2 Å². The van der Waals surface area contributed by atoms with Crippen molar-refractivity contribution in [3.05, 3.63) is 0 Å². The molecule has 1 saturated heterocycles. The lowest BCUT2D eigenvalue weighted by Gasteiger charge is -2.36. The zero-order valence-corrected chi connectivity index (χ0v) is 7.87. The van der Waals surface area contributed by atoms with E-state index in [1.165, 1.54) is 0 Å². The summed E-state index contributed by atoms with van der Waals surface area (Å²) >= 11 is 0. The summed E-state index contributed by atoms with van der Waals surface area (Å²) in [6.07, 6.45) is -1.48. The van der Waals surface area contributed by atoms with Gasteiger partial charge in [-0.25, -0.2) is 0 Å². The van der Waals surface area contributed by atoms with Gasteiger partial charge >= 0.3 is 0 Å². The summed E-state index contributed by atoms with van der Waals surface area (Å²) in [7, 11) is 1.86. The third kappa shape index (κ3) is 2.57. The summed E-state index contributed by atoms with van der Waals surface area (Å²) in [6.45, 7) is 1.06. The van der Waals surface area contributed by atoms with E-state index in [0.29, 0.717) is 13.1 Å². The lowest BCUT2D eigenvalue weighted by molar-refractivity contribution is -0.0804. The third-order valence-corrected chi connectivity index (χ3v) is 2.16. The predicted molar refractivity (Wildman–Crippen MR) is 47.3 cm³/mol. The van der Waals surface area contributed by atoms with Crippen molar-refractivity contribution in [1.82, 2.24) is 4.90 Å². The summed E-state index contributed by atoms with van der Waals surface area (Å²) < 4.78 is 0. The Morgan fingerprint density at radius 2 is 1.92 bits per heavy atom. The van der Waals surface area contributed by atoms with Crippen LogP contribution in [0.15, 0.2) is 0 Å². The van der Waals surface area contributed by atoms with E-state index in [1.807, 2.05) is 11.9 Å². The maximum atomic E-state index is 9.32. The summed E-state index contributed by atoms with van der Waals surface area (Å²) in [5.41, 5.74) is 0. The van der Waals surface area contributed by atoms with Crippen molar-refractivity contribution in [2.24, 2.45) is 5.92 Å². The summed E-state index contributed by atoms with van der Waals surface area (Å²) in [5.74, 6) is -0.205. The summed E-state index contributed by atoms with van der Waals surface area (Å²) in [6, 6.07) is 0. The van der Waals surface area contributed by atoms with Crippen LogP contribution in [0.2, 0.25) is 0 Å². The molecule has 1 fully saturated rings. The van der Waals surface area contributed by atoms with E-state index in [2.05, 4.69) is 0 Å². The van der Waals surface area contributed by atoms with Crippen molar-refractivity contribution >= 4 is 12.4 Å². The quantitative estimate of drug-likeness (QED) is 0.488. The number of hydrogen-bond acceptors (Lipinski definition) is 4. The van der Waals surface area contributed by atoms with Crippen molar-refractivity contribution in [1.29, 1.82) is 0 Å². The van der Waals surface area contributed by atoms with Crippen molar-refractivity contribution in [2.75, 3.05) is 26.7 Å². The number of β-amino-alcohol motifs (C(OH)–C–C–N with tert-alkyl or cyclic N) is 1. The van der Waals surface area contributed by atoms with Crippen LogP contribution < -0.4 is 0 Å². The molecule has 1 aliphatic rings. The summed E-state index contributed by atoms with van der Waals surface area (Å²) in [5, 5.41) is 27.4. The Hall–Kier alpha value is 0.130. The number of aliphatic hydroxyl groups excluding tert-OH is 3. The van der Waals surface area contributed by atoms with Gasteiger partial charge in [0.25, 0.3) is 0 Å². The Labute approximate surface area is 78.2 Å². The van der Waals surface area contributed by atoms with Gasteiger partial charge in [-0.3, -0.25) is 0 Å². The molecule has 3 atom stereocenters. The second kappa shape index (κ2) is 4.99. The Bertz CT molecular complexity index is 136. The number of aliphatic hydroxyl groups is 3. The minimum Gasteiger partial charge on any atom is -0.396 e. The number of likely N-dealkylation sites (N-methyl/N-ethyl adjacent to an activating group) is 1. The average Bonchev–Trinajstić information content (AvgIpc) is 1.96. The van der Waals surface area contributed by atoms with Crippen molar-refractivity contribution in [3.8, 4) is 0 Å². The first-order valence-corrected chi connectivity index (χ1v) is 3.80. The fourth-order valence-electron chi connectivity index (χ4n) is 1.49. The molecule has 3 N–H and O–H groups in total. The van der Waals surface area contributed by atoms with E-state index in [-0.39, 0.29) is 24.9 Å². The Morgan fingerprint density at radius 3 is 2.42 bits per heavy atom. The highest BCUT2D eigenvalue weighted by Crippen LogP contribution is 2.15. The average molecular weight is 198 g/mol. The van der Waals surface area contributed by atoms with Crippen LogP contribution in [0.5, 0.6) is 0 Å². The molecule has 0 aromatic rings. The van der Waals surface area contributed by atoms with Crippen LogP contribution in [0, 0.1) is 5.92 Å². The second-order valence-corrected chi connectivity index (χ2v) is 3.22. The molecule has 0 bridgehead atoms. The normalized spacial score (nSPS) is 37.5. The van der Waals surface area contributed by atoms with E-state index in [0.717, 1.165) is 0 Å². The van der Waals surface area contributed by atoms with Crippen LogP contribution in [0.4, 0.5) is 0 Å². The maximum Gasteiger partial charge on any atom is 0.0929 e. The van der Waals surface area contributed by atoms with E-state index < -0.39 is 12.2 Å². The predicted octanol–water partition coefficient (Wildman–Crippen LogP) is -1.32. The zero-order valence-electron chi connectivity index (χ0n) is 7.05. The van der Waals surface area contributed by atoms with E-state index in [4.69, 9.17) is 5.11 Å². The topological polar surface area (TPSA) is 63.9 Å². The van der Waals surface area contributed by atoms with Gasteiger partial charge in [0, 0.05) is 25.6 Å². The van der Waals surface area contributed by atoms with Gasteiger partial charge in [0.2, 0.25) is 0 Å². The highest BCUT2D eigenvalue weighted by atomic mass is 35.5. The SMILES string of the molecule is CN1C[C@H](CO)[C@@H](O)[C@H](O)C1.Cl. The standard InChI is InChI=1S/C7H15NO3.ClH/c1-8-2-5(4-9)7(11)6(10)3-8;/h5-7,9-11H,2-4H2,1H3;1H/t5-,6-,7-;/m1./s1. The molecular weight excluding hydrogens is 182 g/mol. The monoisotopic (exact) mass is 197 g/mol. The first-order valence-electron chi connectivity index (χ1n) is 3.80. The number of nitrogens with zero attached hydrogens (tertiary/aromatic N) is 1. The lowest BCUT2D eigenvalue weighted by Crippen LogP contribution is -2.52. The van der Waals surface area contributed by atoms with Gasteiger partial charge in [-0.15, -0.1) is 12.4 Å². The van der Waals surface area contributed by atoms with Crippen LogP contribution >= 0.6 is 12.4 Å². The number of rotatable bonds is 1. The minimum atomic E-state index is -0.767. The molecule has 0 aliphatic carbocycles. The van der Waals surface area contributed by atoms with Gasteiger partial charge in [-0.05, 0) is 7.05 Å². The highest BCUT2D eigenvalue weighted by molar-refractivity contribution is 5.85. The molecule has 4 nitrogen and oxygen atoms in total. The highest BCUT2D eigenvalue weighted by Gasteiger charge is 2.32. The molecule has 1 heterocycles. The molecular formula is C7H16ClNO3. The molecule has 5 heteroatoms. The Kier molecular flexibility index (Phi) is 5.04. The molecule has 12 heavy (non-hydrogen) atoms. The maximum absolute atomic E-state index is 9.32. The summed E-state index contributed by atoms with van der Waals surface area (Å²) in [4.78, 5) is 1.90. The smallest absolute Gasteiger partial charge is 0.0929 e. The largest absolute Gasteiger partial charge is 0.396 e. The van der Waals surface area contributed by atoms with Crippen molar-refractivity contribution in [3.63, 3.8) is 0 Å². The molecule has 0 spiro atoms. The van der Waals surface area contributed by atoms with Gasteiger partial charge in [-0.1, -0.05) is 0 Å². The number of hydrogen-bond donors (Lipinski definition) is 3. The first-order chi connectivity index (χ1) is 5.15. The number of piperidine rings is 1. The fraction of sp³-hybridized carbons (Fsp3) is 1.00. The van der Waals surface area contributed by atoms with Gasteiger partial charge in [0.15, 0.2) is 0 Å². The van der Waals surface area contributed by atoms with Crippen LogP contribution in [0.3, 0.4) is 0 Å². The number of halogens is 1. The molecule has 1 aliphatic heterocycles. The van der Waals surface area contributed by atoms with E-state index in [1.54, 1.807) is 0 Å². The first kappa shape index (κ1) is 12.1. The molecule has 0 unspecified atom stereocenters. The van der Waals surface area contributed by atoms with Crippen LogP contribution in [-0.2, 0) is 0 Å². The molecule has 74 valence electrons. The Morgan fingerprint density at radius 1 is 1.33 bits per heavy atom. The zero-order chi connectivity index (χ0) is 8.43. The number of likely N-dealkylation sites (tertiary alicyclic amines) is 1. The van der Waals surface area contributed by atoms with Crippen LogP contribution in [0.25, 0.3) is 0 Å². The van der Waals surface area contributed by atoms with Crippen molar-refractivity contribution < 1.29 is 15.3 Å². The fourth-order valence-corrected chi connectivity index (χ4v) is 1.49. The van der Waals surface area contributed by atoms with Gasteiger partial charge in [0.05, 0.1) is 12.2 Å². The van der Waals surface area contributed by atoms with Gasteiger partial charge in [0.1, 0.15) is 0 Å². The van der Waals surface area contributed by atoms with Gasteiger partial charge in [-0.2, -0.15) is 0 Å². The third-order valence-electron chi connectivity index (χ3n) is 2.16. The second-order valence-electron chi connectivity index (χ2n) is 3.22. The molecule has 0 amide bonds. The molecule has 0 aromatic heterocycles. The minimum absolute atomic E-state index is 0. The molecule has 0 saturated carbocycles. The Balaban J connectivity index is 0.00000121. The van der Waals surface area contributed by atoms with E-state index >= 15 is 0 Å². The lowest BCUT2D eigenvalue weighted by atomic mass is 9.94. The van der Waals surface area contributed by atoms with Crippen LogP contribution in [0.1, 0.15) is 0 Å². The van der Waals surface area contributed by atoms with E-state index in [9.17, 15) is 10.2 Å². The molecule has 1 rings (SSSR count). The molecule has 0 aromatic carbocycles. The van der Waals surface area contributed by atoms with Crippen molar-refractivity contribution in [2.45, 2.75) is 12.2 Å². The molecule has 0 radical (unpaired) electrons.